The van der Waals surface area contributed by atoms with Crippen LogP contribution in [0.25, 0.3) is 6.08 Å². The second kappa shape index (κ2) is 8.77. The second-order valence-electron chi connectivity index (χ2n) is 5.27. The Kier molecular flexibility index (Phi) is 6.46. The van der Waals surface area contributed by atoms with E-state index in [9.17, 15) is 19.7 Å². The Morgan fingerprint density at radius 3 is 2.69 bits per heavy atom. The van der Waals surface area contributed by atoms with E-state index >= 15 is 0 Å². The van der Waals surface area contributed by atoms with E-state index in [1.54, 1.807) is 37.3 Å². The third kappa shape index (κ3) is 5.42. The Morgan fingerprint density at radius 1 is 1.27 bits per heavy atom. The van der Waals surface area contributed by atoms with Crippen molar-refractivity contribution >= 4 is 40.9 Å². The molecule has 0 unspecified atom stereocenters. The molecule has 1 N–H and O–H groups in total. The molecule has 0 bridgehead atoms. The third-order valence-electron chi connectivity index (χ3n) is 3.32. The Morgan fingerprint density at radius 2 is 2.00 bits per heavy atom. The number of anilines is 1. The van der Waals surface area contributed by atoms with Gasteiger partial charge >= 0.3 is 5.97 Å². The van der Waals surface area contributed by atoms with Crippen molar-refractivity contribution in [1.29, 1.82) is 0 Å². The lowest BCUT2D eigenvalue weighted by atomic mass is 10.1. The number of carbonyl (C=O) groups excluding carboxylic acids is 2. The fourth-order valence-corrected chi connectivity index (χ4v) is 2.30. The zero-order valence-corrected chi connectivity index (χ0v) is 14.5. The number of hydrogen-bond donors (Lipinski definition) is 1. The van der Waals surface area contributed by atoms with Crippen LogP contribution >= 0.6 is 11.6 Å². The highest BCUT2D eigenvalue weighted by Crippen LogP contribution is 2.27. The van der Waals surface area contributed by atoms with E-state index in [0.717, 1.165) is 6.08 Å². The Labute approximate surface area is 154 Å². The van der Waals surface area contributed by atoms with Crippen LogP contribution in [0.1, 0.15) is 11.1 Å². The summed E-state index contributed by atoms with van der Waals surface area (Å²) in [7, 11) is 0. The lowest BCUT2D eigenvalue weighted by Crippen LogP contribution is -2.21. The van der Waals surface area contributed by atoms with Gasteiger partial charge in [0.05, 0.1) is 4.92 Å². The van der Waals surface area contributed by atoms with Crippen molar-refractivity contribution in [3.8, 4) is 0 Å². The molecule has 134 valence electrons. The summed E-state index contributed by atoms with van der Waals surface area (Å²) >= 11 is 5.84. The molecule has 2 aromatic carbocycles. The highest BCUT2D eigenvalue weighted by atomic mass is 35.5. The number of ether oxygens (including phenoxy) is 1. The van der Waals surface area contributed by atoms with E-state index in [1.807, 2.05) is 0 Å². The van der Waals surface area contributed by atoms with E-state index < -0.39 is 23.4 Å². The highest BCUT2D eigenvalue weighted by Gasteiger charge is 2.18. The maximum absolute atomic E-state index is 11.9. The predicted molar refractivity (Wildman–Crippen MR) is 97.9 cm³/mol. The molecule has 0 aliphatic carbocycles. The van der Waals surface area contributed by atoms with E-state index in [1.165, 1.54) is 18.2 Å². The summed E-state index contributed by atoms with van der Waals surface area (Å²) in [6.45, 7) is 1.06. The number of nitrogens with zero attached hydrogens (tertiary/aromatic N) is 1. The minimum Gasteiger partial charge on any atom is -0.452 e. The van der Waals surface area contributed by atoms with E-state index in [2.05, 4.69) is 5.32 Å². The molecule has 1 amide bonds. The molecule has 8 heteroatoms. The van der Waals surface area contributed by atoms with Crippen LogP contribution in [0.2, 0.25) is 5.02 Å². The normalized spacial score (nSPS) is 10.5. The van der Waals surface area contributed by atoms with Crippen LogP contribution < -0.4 is 5.32 Å². The van der Waals surface area contributed by atoms with Gasteiger partial charge in [-0.1, -0.05) is 35.9 Å². The van der Waals surface area contributed by atoms with Crippen molar-refractivity contribution in [3.63, 3.8) is 0 Å². The minimum atomic E-state index is -0.723. The number of para-hydroxylation sites is 1. The van der Waals surface area contributed by atoms with Gasteiger partial charge in [-0.3, -0.25) is 14.9 Å². The molecule has 26 heavy (non-hydrogen) atoms. The Bertz CT molecular complexity index is 880. The SMILES string of the molecule is Cc1cccc([N+](=O)[O-])c1NC(=O)COC(=O)/C=C/c1cccc(Cl)c1. The number of nitro benzene ring substituents is 1. The molecular formula is C18H15ClN2O5. The van der Waals surface area contributed by atoms with E-state index in [4.69, 9.17) is 16.3 Å². The number of nitrogens with one attached hydrogen (secondary N) is 1. The highest BCUT2D eigenvalue weighted by molar-refractivity contribution is 6.30. The van der Waals surface area contributed by atoms with Crippen molar-refractivity contribution in [2.75, 3.05) is 11.9 Å². The van der Waals surface area contributed by atoms with Crippen LogP contribution in [-0.4, -0.2) is 23.4 Å². The van der Waals surface area contributed by atoms with E-state index in [-0.39, 0.29) is 11.4 Å². The van der Waals surface area contributed by atoms with Crippen LogP contribution in [0, 0.1) is 17.0 Å². The fraction of sp³-hybridized carbons (Fsp3) is 0.111. The van der Waals surface area contributed by atoms with Gasteiger partial charge in [0.1, 0.15) is 5.69 Å². The van der Waals surface area contributed by atoms with Gasteiger partial charge in [-0.15, -0.1) is 0 Å². The van der Waals surface area contributed by atoms with Gasteiger partial charge in [0.25, 0.3) is 11.6 Å². The Balaban J connectivity index is 1.93. The predicted octanol–water partition coefficient (Wildman–Crippen LogP) is 3.75. The number of halogens is 1. The summed E-state index contributed by atoms with van der Waals surface area (Å²) in [4.78, 5) is 34.0. The molecule has 0 fully saturated rings. The van der Waals surface area contributed by atoms with Crippen LogP contribution in [0.5, 0.6) is 0 Å². The van der Waals surface area contributed by atoms with Gasteiger partial charge in [0.15, 0.2) is 6.61 Å². The number of hydrogen-bond acceptors (Lipinski definition) is 5. The van der Waals surface area contributed by atoms with Gasteiger partial charge in [-0.05, 0) is 36.3 Å². The summed E-state index contributed by atoms with van der Waals surface area (Å²) < 4.78 is 4.83. The quantitative estimate of drug-likeness (QED) is 0.359. The molecule has 0 aliphatic heterocycles. The third-order valence-corrected chi connectivity index (χ3v) is 3.55. The molecule has 0 saturated carbocycles. The van der Waals surface area contributed by atoms with Crippen LogP contribution in [0.4, 0.5) is 11.4 Å². The maximum Gasteiger partial charge on any atom is 0.331 e. The first kappa shape index (κ1) is 19.1. The topological polar surface area (TPSA) is 98.5 Å². The molecule has 0 saturated heterocycles. The summed E-state index contributed by atoms with van der Waals surface area (Å²) in [6.07, 6.45) is 2.66. The largest absolute Gasteiger partial charge is 0.452 e. The summed E-state index contributed by atoms with van der Waals surface area (Å²) in [6, 6.07) is 11.3. The standard InChI is InChI=1S/C18H15ClN2O5/c1-12-4-2-7-15(21(24)25)18(12)20-16(22)11-26-17(23)9-8-13-5-3-6-14(19)10-13/h2-10H,11H2,1H3,(H,20,22)/b9-8+. The average Bonchev–Trinajstić information content (AvgIpc) is 2.59. The van der Waals surface area contributed by atoms with Crippen molar-refractivity contribution in [3.05, 3.63) is 74.8 Å². The Hall–Kier alpha value is -3.19. The lowest BCUT2D eigenvalue weighted by Gasteiger charge is -2.08. The first-order valence-electron chi connectivity index (χ1n) is 7.51. The maximum atomic E-state index is 11.9. The van der Waals surface area contributed by atoms with Gasteiger partial charge in [0.2, 0.25) is 0 Å². The van der Waals surface area contributed by atoms with Gasteiger partial charge in [-0.25, -0.2) is 4.79 Å². The fourth-order valence-electron chi connectivity index (χ4n) is 2.10. The van der Waals surface area contributed by atoms with Crippen molar-refractivity contribution in [1.82, 2.24) is 0 Å². The van der Waals surface area contributed by atoms with Crippen molar-refractivity contribution in [2.24, 2.45) is 0 Å². The lowest BCUT2D eigenvalue weighted by molar-refractivity contribution is -0.384. The van der Waals surface area contributed by atoms with E-state index in [0.29, 0.717) is 16.1 Å². The number of nitro groups is 1. The summed E-state index contributed by atoms with van der Waals surface area (Å²) in [5.41, 5.74) is 1.08. The van der Waals surface area contributed by atoms with Gasteiger partial charge in [-0.2, -0.15) is 0 Å². The number of amides is 1. The number of carbonyl (C=O) groups is 2. The average molecular weight is 375 g/mol. The second-order valence-corrected chi connectivity index (χ2v) is 5.71. The molecule has 7 nitrogen and oxygen atoms in total. The summed E-state index contributed by atoms with van der Waals surface area (Å²) in [5, 5.41) is 13.9. The van der Waals surface area contributed by atoms with Crippen molar-refractivity contribution < 1.29 is 19.2 Å². The summed E-state index contributed by atoms with van der Waals surface area (Å²) in [5.74, 6) is -1.40. The first-order valence-corrected chi connectivity index (χ1v) is 7.89. The zero-order valence-electron chi connectivity index (χ0n) is 13.8. The number of rotatable bonds is 6. The number of benzene rings is 2. The van der Waals surface area contributed by atoms with Crippen LogP contribution in [0.3, 0.4) is 0 Å². The van der Waals surface area contributed by atoms with Crippen LogP contribution in [0.15, 0.2) is 48.5 Å². The smallest absolute Gasteiger partial charge is 0.331 e. The van der Waals surface area contributed by atoms with Crippen LogP contribution in [-0.2, 0) is 14.3 Å². The molecule has 0 aromatic heterocycles. The minimum absolute atomic E-state index is 0.0769. The monoisotopic (exact) mass is 374 g/mol. The molecule has 0 aliphatic rings. The number of esters is 1. The molecule has 0 radical (unpaired) electrons. The first-order chi connectivity index (χ1) is 12.4. The molecule has 2 aromatic rings. The number of aryl methyl sites for hydroxylation is 1. The van der Waals surface area contributed by atoms with Gasteiger partial charge < -0.3 is 10.1 Å². The zero-order chi connectivity index (χ0) is 19.1. The molecular weight excluding hydrogens is 360 g/mol. The molecule has 0 atom stereocenters. The van der Waals surface area contributed by atoms with Gasteiger partial charge in [0, 0.05) is 17.2 Å². The van der Waals surface area contributed by atoms with Crippen molar-refractivity contribution in [2.45, 2.75) is 6.92 Å². The molecule has 0 spiro atoms. The molecule has 2 rings (SSSR count). The molecule has 0 heterocycles.